The van der Waals surface area contributed by atoms with Crippen molar-refractivity contribution in [2.45, 2.75) is 24.9 Å². The Balaban J connectivity index is 2.32. The number of nitrogens with one attached hydrogen (secondary N) is 1. The molecule has 0 heterocycles. The Kier molecular flexibility index (Phi) is 2.60. The third kappa shape index (κ3) is 1.94. The standard InChI is InChI=1S/C11H14N2O2/c12-9-6-5-7-3-1-2-4-8(7)10(9)13-11(14)15/h1-4,9-10,13H,5-6,12H2,(H,14,15)/t9-,10+/m0/s1. The topological polar surface area (TPSA) is 75.3 Å². The number of hydrogen-bond donors (Lipinski definition) is 3. The molecule has 0 spiro atoms. The highest BCUT2D eigenvalue weighted by Crippen LogP contribution is 2.28. The van der Waals surface area contributed by atoms with Crippen LogP contribution in [0.3, 0.4) is 0 Å². The summed E-state index contributed by atoms with van der Waals surface area (Å²) in [5.41, 5.74) is 8.12. The van der Waals surface area contributed by atoms with Gasteiger partial charge in [0.05, 0.1) is 6.04 Å². The molecular formula is C11H14N2O2. The van der Waals surface area contributed by atoms with Crippen LogP contribution in [0.1, 0.15) is 23.6 Å². The van der Waals surface area contributed by atoms with E-state index in [9.17, 15) is 4.79 Å². The van der Waals surface area contributed by atoms with Crippen molar-refractivity contribution in [1.82, 2.24) is 5.32 Å². The van der Waals surface area contributed by atoms with Crippen LogP contribution in [0.4, 0.5) is 4.79 Å². The molecule has 0 aromatic heterocycles. The van der Waals surface area contributed by atoms with Crippen LogP contribution < -0.4 is 11.1 Å². The third-order valence-electron chi connectivity index (χ3n) is 2.84. The Bertz CT molecular complexity index is 379. The Morgan fingerprint density at radius 1 is 1.47 bits per heavy atom. The highest BCUT2D eigenvalue weighted by atomic mass is 16.4. The van der Waals surface area contributed by atoms with E-state index in [2.05, 4.69) is 5.32 Å². The second-order valence-corrected chi connectivity index (χ2v) is 3.83. The lowest BCUT2D eigenvalue weighted by Gasteiger charge is -2.30. The number of carboxylic acid groups (broad SMARTS) is 1. The quantitative estimate of drug-likeness (QED) is 0.647. The summed E-state index contributed by atoms with van der Waals surface area (Å²) in [5.74, 6) is 0. The summed E-state index contributed by atoms with van der Waals surface area (Å²) in [5, 5.41) is 11.2. The molecular weight excluding hydrogens is 192 g/mol. The number of rotatable bonds is 1. The first-order chi connectivity index (χ1) is 7.18. The summed E-state index contributed by atoms with van der Waals surface area (Å²) in [6.07, 6.45) is 0.726. The van der Waals surface area contributed by atoms with Gasteiger partial charge >= 0.3 is 6.09 Å². The lowest BCUT2D eigenvalue weighted by molar-refractivity contribution is 0.186. The highest BCUT2D eigenvalue weighted by Gasteiger charge is 2.27. The number of hydrogen-bond acceptors (Lipinski definition) is 2. The minimum Gasteiger partial charge on any atom is -0.465 e. The normalized spacial score (nSPS) is 24.3. The second-order valence-electron chi connectivity index (χ2n) is 3.83. The molecule has 1 aromatic rings. The van der Waals surface area contributed by atoms with Gasteiger partial charge in [-0.1, -0.05) is 24.3 Å². The zero-order valence-corrected chi connectivity index (χ0v) is 8.31. The summed E-state index contributed by atoms with van der Waals surface area (Å²) < 4.78 is 0. The van der Waals surface area contributed by atoms with Crippen LogP contribution >= 0.6 is 0 Å². The van der Waals surface area contributed by atoms with Crippen LogP contribution in [-0.2, 0) is 6.42 Å². The van der Waals surface area contributed by atoms with Gasteiger partial charge in [0.25, 0.3) is 0 Å². The van der Waals surface area contributed by atoms with Gasteiger partial charge in [-0.25, -0.2) is 4.79 Å². The molecule has 1 aliphatic carbocycles. The Morgan fingerprint density at radius 2 is 2.20 bits per heavy atom. The van der Waals surface area contributed by atoms with E-state index >= 15 is 0 Å². The van der Waals surface area contributed by atoms with Crippen molar-refractivity contribution in [2.24, 2.45) is 5.73 Å². The molecule has 1 amide bonds. The van der Waals surface area contributed by atoms with E-state index in [1.165, 1.54) is 5.56 Å². The molecule has 4 heteroatoms. The van der Waals surface area contributed by atoms with Gasteiger partial charge in [0.2, 0.25) is 0 Å². The number of fused-ring (bicyclic) bond motifs is 1. The zero-order valence-electron chi connectivity index (χ0n) is 8.31. The fraction of sp³-hybridized carbons (Fsp3) is 0.364. The van der Waals surface area contributed by atoms with Crippen molar-refractivity contribution in [3.05, 3.63) is 35.4 Å². The molecule has 0 radical (unpaired) electrons. The largest absolute Gasteiger partial charge is 0.465 e. The highest BCUT2D eigenvalue weighted by molar-refractivity contribution is 5.65. The smallest absolute Gasteiger partial charge is 0.405 e. The molecule has 80 valence electrons. The minimum absolute atomic E-state index is 0.129. The second kappa shape index (κ2) is 3.90. The number of benzene rings is 1. The van der Waals surface area contributed by atoms with E-state index in [-0.39, 0.29) is 12.1 Å². The fourth-order valence-corrected chi connectivity index (χ4v) is 2.10. The van der Waals surface area contributed by atoms with Gasteiger partial charge in [0.1, 0.15) is 0 Å². The average Bonchev–Trinajstić information content (AvgIpc) is 2.22. The van der Waals surface area contributed by atoms with Gasteiger partial charge in [-0.15, -0.1) is 0 Å². The van der Waals surface area contributed by atoms with Gasteiger partial charge in [-0.3, -0.25) is 0 Å². The number of aryl methyl sites for hydroxylation is 1. The monoisotopic (exact) mass is 206 g/mol. The molecule has 1 aliphatic rings. The predicted octanol–water partition coefficient (Wildman–Crippen LogP) is 1.27. The minimum atomic E-state index is -1.02. The van der Waals surface area contributed by atoms with E-state index in [1.54, 1.807) is 0 Å². The molecule has 15 heavy (non-hydrogen) atoms. The molecule has 0 bridgehead atoms. The van der Waals surface area contributed by atoms with Crippen molar-refractivity contribution >= 4 is 6.09 Å². The third-order valence-corrected chi connectivity index (χ3v) is 2.84. The molecule has 2 atom stereocenters. The maximum absolute atomic E-state index is 10.7. The van der Waals surface area contributed by atoms with Gasteiger partial charge in [-0.05, 0) is 24.0 Å². The van der Waals surface area contributed by atoms with Crippen LogP contribution in [0.15, 0.2) is 24.3 Å². The van der Waals surface area contributed by atoms with Crippen molar-refractivity contribution in [3.8, 4) is 0 Å². The molecule has 0 saturated carbocycles. The van der Waals surface area contributed by atoms with Crippen molar-refractivity contribution in [1.29, 1.82) is 0 Å². The van der Waals surface area contributed by atoms with Gasteiger partial charge in [0.15, 0.2) is 0 Å². The lowest BCUT2D eigenvalue weighted by Crippen LogP contribution is -2.43. The van der Waals surface area contributed by atoms with E-state index in [0.717, 1.165) is 18.4 Å². The molecule has 0 fully saturated rings. The summed E-state index contributed by atoms with van der Waals surface area (Å²) in [7, 11) is 0. The molecule has 2 rings (SSSR count). The predicted molar refractivity (Wildman–Crippen MR) is 56.6 cm³/mol. The number of nitrogens with two attached hydrogens (primary N) is 1. The molecule has 4 nitrogen and oxygen atoms in total. The van der Waals surface area contributed by atoms with Gasteiger partial charge in [-0.2, -0.15) is 0 Å². The summed E-state index contributed by atoms with van der Waals surface area (Å²) in [6, 6.07) is 7.44. The van der Waals surface area contributed by atoms with Crippen LogP contribution in [0.25, 0.3) is 0 Å². The van der Waals surface area contributed by atoms with Gasteiger partial charge in [0, 0.05) is 6.04 Å². The maximum Gasteiger partial charge on any atom is 0.405 e. The maximum atomic E-state index is 10.7. The molecule has 0 aliphatic heterocycles. The van der Waals surface area contributed by atoms with Crippen molar-refractivity contribution < 1.29 is 9.90 Å². The number of amides is 1. The van der Waals surface area contributed by atoms with E-state index in [0.29, 0.717) is 0 Å². The van der Waals surface area contributed by atoms with Crippen molar-refractivity contribution in [3.63, 3.8) is 0 Å². The fourth-order valence-electron chi connectivity index (χ4n) is 2.10. The first kappa shape index (κ1) is 9.98. The molecule has 1 aromatic carbocycles. The Hall–Kier alpha value is -1.55. The van der Waals surface area contributed by atoms with E-state index in [1.807, 2.05) is 24.3 Å². The zero-order chi connectivity index (χ0) is 10.8. The van der Waals surface area contributed by atoms with E-state index < -0.39 is 6.09 Å². The molecule has 4 N–H and O–H groups in total. The van der Waals surface area contributed by atoms with Gasteiger partial charge < -0.3 is 16.2 Å². The van der Waals surface area contributed by atoms with Crippen LogP contribution in [0, 0.1) is 0 Å². The summed E-state index contributed by atoms with van der Waals surface area (Å²) in [6.45, 7) is 0. The van der Waals surface area contributed by atoms with Crippen molar-refractivity contribution in [2.75, 3.05) is 0 Å². The Labute approximate surface area is 88.1 Å². The van der Waals surface area contributed by atoms with Crippen LogP contribution in [0.5, 0.6) is 0 Å². The molecule has 0 saturated heterocycles. The number of carbonyl (C=O) groups is 1. The SMILES string of the molecule is N[C@H]1CCc2ccccc2[C@H]1NC(=O)O. The van der Waals surface area contributed by atoms with E-state index in [4.69, 9.17) is 10.8 Å². The summed E-state index contributed by atoms with van der Waals surface area (Å²) in [4.78, 5) is 10.7. The first-order valence-electron chi connectivity index (χ1n) is 5.01. The first-order valence-corrected chi connectivity index (χ1v) is 5.01. The van der Waals surface area contributed by atoms with Crippen LogP contribution in [0.2, 0.25) is 0 Å². The van der Waals surface area contributed by atoms with Crippen LogP contribution in [-0.4, -0.2) is 17.2 Å². The lowest BCUT2D eigenvalue weighted by atomic mass is 9.84. The Morgan fingerprint density at radius 3 is 2.93 bits per heavy atom. The average molecular weight is 206 g/mol. The summed E-state index contributed by atoms with van der Waals surface area (Å²) >= 11 is 0. The molecule has 0 unspecified atom stereocenters.